The normalized spacial score (nSPS) is 11.1. The molecule has 0 bridgehead atoms. The predicted octanol–water partition coefficient (Wildman–Crippen LogP) is 1.66. The second-order valence-electron chi connectivity index (χ2n) is 4.10. The molecular formula is C12H11N5OS2. The summed E-state index contributed by atoms with van der Waals surface area (Å²) in [5.41, 5.74) is 6.21. The van der Waals surface area contributed by atoms with Gasteiger partial charge in [-0.2, -0.15) is 0 Å². The number of nitrogen functional groups attached to an aromatic ring is 1. The van der Waals surface area contributed by atoms with Crippen LogP contribution in [0.25, 0.3) is 10.9 Å². The fraction of sp³-hybridized carbons (Fsp3) is 0.167. The van der Waals surface area contributed by atoms with Gasteiger partial charge < -0.3 is 5.73 Å². The van der Waals surface area contributed by atoms with Gasteiger partial charge in [0.15, 0.2) is 4.34 Å². The van der Waals surface area contributed by atoms with Crippen molar-refractivity contribution in [1.82, 2.24) is 19.7 Å². The topological polar surface area (TPSA) is 86.7 Å². The van der Waals surface area contributed by atoms with Crippen LogP contribution in [-0.2, 0) is 12.8 Å². The molecule has 2 heterocycles. The number of thioether (sulfide) groups is 1. The van der Waals surface area contributed by atoms with Crippen LogP contribution in [0.3, 0.4) is 0 Å². The summed E-state index contributed by atoms with van der Waals surface area (Å²) < 4.78 is 2.34. The maximum atomic E-state index is 12.2. The van der Waals surface area contributed by atoms with Crippen LogP contribution in [0.5, 0.6) is 0 Å². The van der Waals surface area contributed by atoms with Gasteiger partial charge in [0, 0.05) is 7.05 Å². The zero-order chi connectivity index (χ0) is 14.1. The molecule has 0 spiro atoms. The third-order valence-electron chi connectivity index (χ3n) is 2.82. The number of para-hydroxylation sites is 1. The van der Waals surface area contributed by atoms with E-state index >= 15 is 0 Å². The number of hydrogen-bond donors (Lipinski definition) is 1. The highest BCUT2D eigenvalue weighted by molar-refractivity contribution is 8.00. The fourth-order valence-corrected chi connectivity index (χ4v) is 3.42. The Labute approximate surface area is 122 Å². The maximum absolute atomic E-state index is 12.2. The minimum Gasteiger partial charge on any atom is -0.374 e. The highest BCUT2D eigenvalue weighted by Gasteiger charge is 2.09. The van der Waals surface area contributed by atoms with E-state index in [0.29, 0.717) is 27.6 Å². The summed E-state index contributed by atoms with van der Waals surface area (Å²) >= 11 is 2.79. The molecule has 0 amide bonds. The molecule has 0 atom stereocenters. The van der Waals surface area contributed by atoms with Gasteiger partial charge in [-0.1, -0.05) is 35.2 Å². The van der Waals surface area contributed by atoms with Crippen molar-refractivity contribution in [3.8, 4) is 0 Å². The summed E-state index contributed by atoms with van der Waals surface area (Å²) in [6.07, 6.45) is 0. The van der Waals surface area contributed by atoms with Gasteiger partial charge >= 0.3 is 0 Å². The molecule has 8 heteroatoms. The number of nitrogens with zero attached hydrogens (tertiary/aromatic N) is 4. The summed E-state index contributed by atoms with van der Waals surface area (Å²) in [5.74, 6) is 1.25. The number of fused-ring (bicyclic) bond motifs is 1. The Hall–Kier alpha value is -1.93. The van der Waals surface area contributed by atoms with Gasteiger partial charge in [-0.05, 0) is 12.1 Å². The molecule has 0 aliphatic carbocycles. The van der Waals surface area contributed by atoms with Crippen molar-refractivity contribution in [2.24, 2.45) is 7.05 Å². The van der Waals surface area contributed by atoms with Crippen molar-refractivity contribution in [3.63, 3.8) is 0 Å². The average molecular weight is 305 g/mol. The maximum Gasteiger partial charge on any atom is 0.261 e. The van der Waals surface area contributed by atoms with Crippen molar-refractivity contribution >= 4 is 39.1 Å². The lowest BCUT2D eigenvalue weighted by Gasteiger charge is -2.07. The molecule has 1 aromatic carbocycles. The molecule has 2 aromatic heterocycles. The number of rotatable bonds is 3. The molecule has 20 heavy (non-hydrogen) atoms. The van der Waals surface area contributed by atoms with E-state index in [0.717, 1.165) is 4.34 Å². The van der Waals surface area contributed by atoms with Crippen molar-refractivity contribution in [2.75, 3.05) is 5.73 Å². The highest BCUT2D eigenvalue weighted by Crippen LogP contribution is 2.26. The van der Waals surface area contributed by atoms with Crippen LogP contribution in [0.15, 0.2) is 33.4 Å². The van der Waals surface area contributed by atoms with E-state index in [1.807, 2.05) is 18.2 Å². The number of anilines is 1. The SMILES string of the molecule is Cn1c(CSc2nnc(N)s2)nc2ccccc2c1=O. The van der Waals surface area contributed by atoms with E-state index in [1.54, 1.807) is 17.7 Å². The van der Waals surface area contributed by atoms with Gasteiger partial charge in [0.2, 0.25) is 5.13 Å². The summed E-state index contributed by atoms with van der Waals surface area (Å²) in [5, 5.41) is 8.76. The standard InChI is InChI=1S/C12H11N5OS2/c1-17-9(6-19-12-16-15-11(13)20-12)14-8-5-3-2-4-7(8)10(17)18/h2-5H,6H2,1H3,(H2,13,15). The van der Waals surface area contributed by atoms with Gasteiger partial charge in [-0.25, -0.2) is 4.98 Å². The van der Waals surface area contributed by atoms with Crippen LogP contribution in [0, 0.1) is 0 Å². The van der Waals surface area contributed by atoms with E-state index in [9.17, 15) is 4.79 Å². The van der Waals surface area contributed by atoms with Crippen LogP contribution in [0.2, 0.25) is 0 Å². The van der Waals surface area contributed by atoms with E-state index in [4.69, 9.17) is 5.73 Å². The van der Waals surface area contributed by atoms with Crippen LogP contribution < -0.4 is 11.3 Å². The predicted molar refractivity (Wildman–Crippen MR) is 80.9 cm³/mol. The Morgan fingerprint density at radius 3 is 2.90 bits per heavy atom. The fourth-order valence-electron chi connectivity index (χ4n) is 1.80. The second kappa shape index (κ2) is 5.22. The molecule has 0 saturated carbocycles. The summed E-state index contributed by atoms with van der Waals surface area (Å²) in [7, 11) is 1.73. The molecule has 6 nitrogen and oxygen atoms in total. The first-order chi connectivity index (χ1) is 9.65. The summed E-state index contributed by atoms with van der Waals surface area (Å²) in [6, 6.07) is 7.34. The van der Waals surface area contributed by atoms with E-state index in [-0.39, 0.29) is 5.56 Å². The van der Waals surface area contributed by atoms with Gasteiger partial charge in [0.1, 0.15) is 5.82 Å². The molecule has 2 N–H and O–H groups in total. The molecule has 0 aliphatic rings. The van der Waals surface area contributed by atoms with Crippen molar-refractivity contribution in [3.05, 3.63) is 40.4 Å². The Morgan fingerprint density at radius 2 is 2.15 bits per heavy atom. The first-order valence-electron chi connectivity index (χ1n) is 5.81. The van der Waals surface area contributed by atoms with Gasteiger partial charge in [-0.15, -0.1) is 10.2 Å². The summed E-state index contributed by atoms with van der Waals surface area (Å²) in [6.45, 7) is 0. The average Bonchev–Trinajstić information content (AvgIpc) is 2.87. The first-order valence-corrected chi connectivity index (χ1v) is 7.62. The summed E-state index contributed by atoms with van der Waals surface area (Å²) in [4.78, 5) is 16.8. The van der Waals surface area contributed by atoms with Crippen LogP contribution in [-0.4, -0.2) is 19.7 Å². The Kier molecular flexibility index (Phi) is 3.41. The lowest BCUT2D eigenvalue weighted by Crippen LogP contribution is -2.21. The highest BCUT2D eigenvalue weighted by atomic mass is 32.2. The Bertz CT molecular complexity index is 826. The zero-order valence-corrected chi connectivity index (χ0v) is 12.2. The quantitative estimate of drug-likeness (QED) is 0.741. The Morgan fingerprint density at radius 1 is 1.35 bits per heavy atom. The lowest BCUT2D eigenvalue weighted by molar-refractivity contribution is 0.785. The third kappa shape index (κ3) is 2.39. The van der Waals surface area contributed by atoms with Crippen LogP contribution >= 0.6 is 23.1 Å². The third-order valence-corrected chi connectivity index (χ3v) is 4.70. The molecule has 3 rings (SSSR count). The van der Waals surface area contributed by atoms with E-state index in [2.05, 4.69) is 15.2 Å². The van der Waals surface area contributed by atoms with Crippen LogP contribution in [0.4, 0.5) is 5.13 Å². The molecule has 0 radical (unpaired) electrons. The molecule has 0 fully saturated rings. The van der Waals surface area contributed by atoms with Crippen molar-refractivity contribution in [1.29, 1.82) is 0 Å². The van der Waals surface area contributed by atoms with E-state index < -0.39 is 0 Å². The minimum absolute atomic E-state index is 0.0389. The molecule has 0 aliphatic heterocycles. The number of aromatic nitrogens is 4. The molecule has 3 aromatic rings. The minimum atomic E-state index is -0.0389. The molecule has 0 unspecified atom stereocenters. The lowest BCUT2D eigenvalue weighted by atomic mass is 10.2. The van der Waals surface area contributed by atoms with Crippen molar-refractivity contribution in [2.45, 2.75) is 10.1 Å². The van der Waals surface area contributed by atoms with Crippen LogP contribution in [0.1, 0.15) is 5.82 Å². The number of benzene rings is 1. The Balaban J connectivity index is 1.95. The zero-order valence-electron chi connectivity index (χ0n) is 10.6. The van der Waals surface area contributed by atoms with Gasteiger partial charge in [-0.3, -0.25) is 9.36 Å². The van der Waals surface area contributed by atoms with Gasteiger partial charge in [0.05, 0.1) is 16.7 Å². The smallest absolute Gasteiger partial charge is 0.261 e. The molecule has 0 saturated heterocycles. The first kappa shape index (κ1) is 13.1. The monoisotopic (exact) mass is 305 g/mol. The molecule has 102 valence electrons. The molecular weight excluding hydrogens is 294 g/mol. The van der Waals surface area contributed by atoms with Crippen molar-refractivity contribution < 1.29 is 0 Å². The number of hydrogen-bond acceptors (Lipinski definition) is 7. The van der Waals surface area contributed by atoms with E-state index in [1.165, 1.54) is 23.1 Å². The van der Waals surface area contributed by atoms with Gasteiger partial charge in [0.25, 0.3) is 5.56 Å². The second-order valence-corrected chi connectivity index (χ2v) is 6.34. The largest absolute Gasteiger partial charge is 0.374 e. The number of nitrogens with two attached hydrogens (primary N) is 1.